The molecule has 1 aromatic rings. The normalized spacial score (nSPS) is 31.5. The first-order valence-corrected chi connectivity index (χ1v) is 5.69. The molecule has 0 radical (unpaired) electrons. The maximum atomic E-state index is 9.52. The van der Waals surface area contributed by atoms with Crippen molar-refractivity contribution in [1.82, 2.24) is 0 Å². The third-order valence-corrected chi connectivity index (χ3v) is 3.14. The van der Waals surface area contributed by atoms with Crippen molar-refractivity contribution >= 4 is 15.9 Å². The Kier molecular flexibility index (Phi) is 3.41. The van der Waals surface area contributed by atoms with E-state index in [0.29, 0.717) is 6.42 Å². The molecule has 0 aliphatic carbocycles. The molecule has 1 aliphatic rings. The van der Waals surface area contributed by atoms with Crippen molar-refractivity contribution in [2.75, 3.05) is 6.61 Å². The molecule has 82 valence electrons. The molecule has 0 spiro atoms. The van der Waals surface area contributed by atoms with Crippen LogP contribution in [0.25, 0.3) is 0 Å². The Bertz CT molecular complexity index is 325. The molecule has 4 heteroatoms. The zero-order chi connectivity index (χ0) is 10.8. The van der Waals surface area contributed by atoms with Gasteiger partial charge >= 0.3 is 0 Å². The van der Waals surface area contributed by atoms with E-state index in [1.807, 2.05) is 24.3 Å². The van der Waals surface area contributed by atoms with Gasteiger partial charge in [0.25, 0.3) is 0 Å². The molecular weight excluding hydrogens is 260 g/mol. The Morgan fingerprint density at radius 1 is 1.13 bits per heavy atom. The van der Waals surface area contributed by atoms with E-state index >= 15 is 0 Å². The fraction of sp³-hybridized carbons (Fsp3) is 0.455. The highest BCUT2D eigenvalue weighted by molar-refractivity contribution is 9.10. The van der Waals surface area contributed by atoms with Crippen LogP contribution in [-0.4, -0.2) is 29.0 Å². The van der Waals surface area contributed by atoms with Gasteiger partial charge in [0, 0.05) is 10.9 Å². The average molecular weight is 273 g/mol. The molecule has 0 amide bonds. The molecule has 3 nitrogen and oxygen atoms in total. The van der Waals surface area contributed by atoms with Crippen LogP contribution in [0.5, 0.6) is 0 Å². The molecule has 1 aromatic carbocycles. The lowest BCUT2D eigenvalue weighted by Gasteiger charge is -2.30. The highest BCUT2D eigenvalue weighted by atomic mass is 79.9. The predicted molar refractivity (Wildman–Crippen MR) is 59.5 cm³/mol. The van der Waals surface area contributed by atoms with Gasteiger partial charge in [0.05, 0.1) is 18.8 Å². The van der Waals surface area contributed by atoms with E-state index < -0.39 is 12.2 Å². The lowest BCUT2D eigenvalue weighted by molar-refractivity contribution is -0.122. The minimum absolute atomic E-state index is 0.114. The van der Waals surface area contributed by atoms with E-state index in [-0.39, 0.29) is 12.7 Å². The number of benzene rings is 1. The summed E-state index contributed by atoms with van der Waals surface area (Å²) in [6.45, 7) is 0.196. The van der Waals surface area contributed by atoms with Gasteiger partial charge in [-0.15, -0.1) is 0 Å². The molecule has 1 aliphatic heterocycles. The molecule has 0 saturated carbocycles. The van der Waals surface area contributed by atoms with Crippen LogP contribution in [0, 0.1) is 0 Å². The second-order valence-corrected chi connectivity index (χ2v) is 4.66. The molecule has 2 N–H and O–H groups in total. The Morgan fingerprint density at radius 2 is 1.80 bits per heavy atom. The predicted octanol–water partition coefficient (Wildman–Crippen LogP) is 1.63. The molecule has 0 bridgehead atoms. The topological polar surface area (TPSA) is 49.7 Å². The van der Waals surface area contributed by atoms with Gasteiger partial charge in [-0.3, -0.25) is 0 Å². The summed E-state index contributed by atoms with van der Waals surface area (Å²) in [6.07, 6.45) is -1.11. The van der Waals surface area contributed by atoms with E-state index in [2.05, 4.69) is 15.9 Å². The van der Waals surface area contributed by atoms with Crippen LogP contribution >= 0.6 is 15.9 Å². The van der Waals surface area contributed by atoms with Gasteiger partial charge in [0.15, 0.2) is 0 Å². The minimum atomic E-state index is -0.753. The second kappa shape index (κ2) is 4.61. The number of halogens is 1. The van der Waals surface area contributed by atoms with Gasteiger partial charge in [-0.2, -0.15) is 0 Å². The molecule has 3 atom stereocenters. The molecule has 2 rings (SSSR count). The van der Waals surface area contributed by atoms with Gasteiger partial charge in [-0.1, -0.05) is 28.1 Å². The maximum Gasteiger partial charge on any atom is 0.103 e. The number of rotatable bonds is 1. The molecule has 0 unspecified atom stereocenters. The molecular formula is C11H13BrO3. The van der Waals surface area contributed by atoms with Crippen LogP contribution < -0.4 is 0 Å². The van der Waals surface area contributed by atoms with Crippen molar-refractivity contribution in [3.05, 3.63) is 34.3 Å². The highest BCUT2D eigenvalue weighted by Crippen LogP contribution is 2.28. The zero-order valence-corrected chi connectivity index (χ0v) is 9.72. The monoisotopic (exact) mass is 272 g/mol. The van der Waals surface area contributed by atoms with E-state index in [1.54, 1.807) is 0 Å². The zero-order valence-electron chi connectivity index (χ0n) is 8.14. The third kappa shape index (κ3) is 2.58. The number of hydrogen-bond donors (Lipinski definition) is 2. The Labute approximate surface area is 96.8 Å². The lowest BCUT2D eigenvalue weighted by Crippen LogP contribution is -2.37. The summed E-state index contributed by atoms with van der Waals surface area (Å²) in [5.41, 5.74) is 1.03. The average Bonchev–Trinajstić information content (AvgIpc) is 2.23. The fourth-order valence-corrected chi connectivity index (χ4v) is 1.94. The first-order chi connectivity index (χ1) is 7.16. The summed E-state index contributed by atoms with van der Waals surface area (Å²) in [4.78, 5) is 0. The molecule has 15 heavy (non-hydrogen) atoms. The van der Waals surface area contributed by atoms with Crippen LogP contribution in [-0.2, 0) is 4.74 Å². The van der Waals surface area contributed by atoms with Crippen LogP contribution in [0.1, 0.15) is 18.1 Å². The molecule has 1 saturated heterocycles. The van der Waals surface area contributed by atoms with Crippen molar-refractivity contribution in [3.63, 3.8) is 0 Å². The number of ether oxygens (including phenoxy) is 1. The molecule has 1 fully saturated rings. The Morgan fingerprint density at radius 3 is 2.40 bits per heavy atom. The maximum absolute atomic E-state index is 9.52. The van der Waals surface area contributed by atoms with Gasteiger partial charge in [-0.25, -0.2) is 0 Å². The number of aliphatic hydroxyl groups excluding tert-OH is 2. The van der Waals surface area contributed by atoms with Crippen molar-refractivity contribution < 1.29 is 14.9 Å². The van der Waals surface area contributed by atoms with Gasteiger partial charge in [0.1, 0.15) is 6.10 Å². The summed E-state index contributed by atoms with van der Waals surface area (Å²) in [5, 5.41) is 18.8. The third-order valence-electron chi connectivity index (χ3n) is 2.61. The first-order valence-electron chi connectivity index (χ1n) is 4.90. The smallest absolute Gasteiger partial charge is 0.103 e. The molecule has 1 heterocycles. The van der Waals surface area contributed by atoms with Crippen LogP contribution in [0.4, 0.5) is 0 Å². The summed E-state index contributed by atoms with van der Waals surface area (Å²) in [6, 6.07) is 7.80. The van der Waals surface area contributed by atoms with Crippen LogP contribution in [0.3, 0.4) is 0 Å². The van der Waals surface area contributed by atoms with E-state index in [9.17, 15) is 10.2 Å². The van der Waals surface area contributed by atoms with Crippen molar-refractivity contribution in [3.8, 4) is 0 Å². The fourth-order valence-electron chi connectivity index (χ4n) is 1.68. The summed E-state index contributed by atoms with van der Waals surface area (Å²) >= 11 is 3.36. The van der Waals surface area contributed by atoms with Crippen LogP contribution in [0.2, 0.25) is 0 Å². The van der Waals surface area contributed by atoms with Crippen LogP contribution in [0.15, 0.2) is 28.7 Å². The quantitative estimate of drug-likeness (QED) is 0.817. The minimum Gasteiger partial charge on any atom is -0.390 e. The number of aliphatic hydroxyl groups is 2. The molecule has 0 aromatic heterocycles. The standard InChI is InChI=1S/C11H13BrO3/c12-8-3-1-7(2-4-8)11-5-9(13)10(14)6-15-11/h1-4,9-11,13-14H,5-6H2/t9-,10+,11+/m1/s1. The summed E-state index contributed by atoms with van der Waals surface area (Å²) < 4.78 is 6.48. The first kappa shape index (κ1) is 11.1. The van der Waals surface area contributed by atoms with E-state index in [1.165, 1.54) is 0 Å². The second-order valence-electron chi connectivity index (χ2n) is 3.74. The largest absolute Gasteiger partial charge is 0.390 e. The number of hydrogen-bond acceptors (Lipinski definition) is 3. The Hall–Kier alpha value is -0.420. The highest BCUT2D eigenvalue weighted by Gasteiger charge is 2.28. The summed E-state index contributed by atoms with van der Waals surface area (Å²) in [5.74, 6) is 0. The lowest BCUT2D eigenvalue weighted by atomic mass is 9.98. The van der Waals surface area contributed by atoms with Crippen molar-refractivity contribution in [1.29, 1.82) is 0 Å². The SMILES string of the molecule is O[C@@H]1C[C@@H](c2ccc(Br)cc2)OC[C@@H]1O. The van der Waals surface area contributed by atoms with Gasteiger partial charge < -0.3 is 14.9 Å². The van der Waals surface area contributed by atoms with Crippen molar-refractivity contribution in [2.24, 2.45) is 0 Å². The van der Waals surface area contributed by atoms with Gasteiger partial charge in [0.2, 0.25) is 0 Å². The van der Waals surface area contributed by atoms with Gasteiger partial charge in [-0.05, 0) is 17.7 Å². The van der Waals surface area contributed by atoms with E-state index in [0.717, 1.165) is 10.0 Å². The van der Waals surface area contributed by atoms with E-state index in [4.69, 9.17) is 4.74 Å². The van der Waals surface area contributed by atoms with Crippen molar-refractivity contribution in [2.45, 2.75) is 24.7 Å². The summed E-state index contributed by atoms with van der Waals surface area (Å²) in [7, 11) is 0. The Balaban J connectivity index is 2.08.